The Labute approximate surface area is 90.7 Å². The fourth-order valence-corrected chi connectivity index (χ4v) is 2.07. The van der Waals surface area contributed by atoms with E-state index in [1.807, 2.05) is 13.1 Å². The molecule has 1 rings (SSSR count). The Morgan fingerprint density at radius 1 is 1.57 bits per heavy atom. The van der Waals surface area contributed by atoms with Gasteiger partial charge in [0.2, 0.25) is 0 Å². The van der Waals surface area contributed by atoms with E-state index >= 15 is 0 Å². The van der Waals surface area contributed by atoms with Crippen LogP contribution >= 0.6 is 11.6 Å². The second-order valence-corrected chi connectivity index (χ2v) is 3.90. The molecule has 0 saturated heterocycles. The first-order chi connectivity index (χ1) is 6.70. The molecule has 3 heteroatoms. The third-order valence-electron chi connectivity index (χ3n) is 2.71. The number of likely N-dealkylation sites (N-methyl/N-ethyl adjacent to an activating group) is 1. The van der Waals surface area contributed by atoms with Gasteiger partial charge in [-0.25, -0.2) is 0 Å². The topological polar surface area (TPSA) is 24.9 Å². The molecule has 14 heavy (non-hydrogen) atoms. The van der Waals surface area contributed by atoms with E-state index < -0.39 is 0 Å². The second-order valence-electron chi connectivity index (χ2n) is 3.49. The summed E-state index contributed by atoms with van der Waals surface area (Å²) in [7, 11) is 1.99. The van der Waals surface area contributed by atoms with Crippen molar-refractivity contribution in [3.05, 3.63) is 29.0 Å². The Morgan fingerprint density at radius 3 is 2.79 bits per heavy atom. The van der Waals surface area contributed by atoms with E-state index in [-0.39, 0.29) is 0 Å². The first kappa shape index (κ1) is 11.5. The van der Waals surface area contributed by atoms with Crippen LogP contribution in [-0.2, 0) is 0 Å². The van der Waals surface area contributed by atoms with Crippen molar-refractivity contribution in [1.29, 1.82) is 0 Å². The van der Waals surface area contributed by atoms with E-state index in [9.17, 15) is 0 Å². The van der Waals surface area contributed by atoms with Crippen LogP contribution in [0, 0.1) is 0 Å². The number of hydrogen-bond donors (Lipinski definition) is 1. The standard InChI is InChI=1S/C11H17ClN2/c1-4-11(13-3)8(2)9-5-6-14-7-10(9)12/h5-8,11,13H,4H2,1-3H3. The Bertz CT molecular complexity index is 284. The average Bonchev–Trinajstić information content (AvgIpc) is 2.20. The molecule has 1 N–H and O–H groups in total. The molecule has 0 aromatic carbocycles. The van der Waals surface area contributed by atoms with Crippen LogP contribution in [0.25, 0.3) is 0 Å². The van der Waals surface area contributed by atoms with E-state index in [0.29, 0.717) is 12.0 Å². The fourth-order valence-electron chi connectivity index (χ4n) is 1.78. The number of hydrogen-bond acceptors (Lipinski definition) is 2. The van der Waals surface area contributed by atoms with E-state index in [0.717, 1.165) is 11.4 Å². The highest BCUT2D eigenvalue weighted by Crippen LogP contribution is 2.26. The summed E-state index contributed by atoms with van der Waals surface area (Å²) in [6, 6.07) is 2.46. The molecule has 1 aromatic heterocycles. The summed E-state index contributed by atoms with van der Waals surface area (Å²) in [4.78, 5) is 3.99. The Balaban J connectivity index is 2.88. The normalized spacial score (nSPS) is 15.1. The summed E-state index contributed by atoms with van der Waals surface area (Å²) in [5.41, 5.74) is 1.17. The Hall–Kier alpha value is -0.600. The zero-order chi connectivity index (χ0) is 10.6. The first-order valence-electron chi connectivity index (χ1n) is 4.97. The van der Waals surface area contributed by atoms with Gasteiger partial charge in [0, 0.05) is 18.4 Å². The van der Waals surface area contributed by atoms with Gasteiger partial charge < -0.3 is 5.32 Å². The van der Waals surface area contributed by atoms with Gasteiger partial charge in [-0.15, -0.1) is 0 Å². The smallest absolute Gasteiger partial charge is 0.0624 e. The lowest BCUT2D eigenvalue weighted by atomic mass is 9.92. The second kappa shape index (κ2) is 5.32. The Morgan fingerprint density at radius 2 is 2.29 bits per heavy atom. The van der Waals surface area contributed by atoms with Gasteiger partial charge in [-0.05, 0) is 31.0 Å². The van der Waals surface area contributed by atoms with Crippen molar-refractivity contribution >= 4 is 11.6 Å². The van der Waals surface area contributed by atoms with E-state index in [2.05, 4.69) is 24.1 Å². The maximum absolute atomic E-state index is 6.09. The number of nitrogens with one attached hydrogen (secondary N) is 1. The van der Waals surface area contributed by atoms with Gasteiger partial charge in [-0.1, -0.05) is 25.4 Å². The van der Waals surface area contributed by atoms with Crippen LogP contribution < -0.4 is 5.32 Å². The third kappa shape index (κ3) is 2.46. The minimum atomic E-state index is 0.417. The van der Waals surface area contributed by atoms with Crippen molar-refractivity contribution in [2.45, 2.75) is 32.2 Å². The molecule has 0 bridgehead atoms. The molecule has 2 unspecified atom stereocenters. The summed E-state index contributed by atoms with van der Waals surface area (Å²) in [5.74, 6) is 0.417. The predicted octanol–water partition coefficient (Wildman–Crippen LogP) is 2.84. The van der Waals surface area contributed by atoms with Crippen LogP contribution in [0.5, 0.6) is 0 Å². The molecule has 0 aliphatic heterocycles. The summed E-state index contributed by atoms with van der Waals surface area (Å²) in [6.45, 7) is 4.36. The van der Waals surface area contributed by atoms with Crippen LogP contribution in [0.2, 0.25) is 5.02 Å². The Kier molecular flexibility index (Phi) is 4.36. The van der Waals surface area contributed by atoms with Crippen molar-refractivity contribution in [2.75, 3.05) is 7.05 Å². The number of aromatic nitrogens is 1. The molecular weight excluding hydrogens is 196 g/mol. The maximum Gasteiger partial charge on any atom is 0.0624 e. The zero-order valence-corrected chi connectivity index (χ0v) is 9.67. The third-order valence-corrected chi connectivity index (χ3v) is 3.02. The number of pyridine rings is 1. The number of nitrogens with zero attached hydrogens (tertiary/aromatic N) is 1. The maximum atomic E-state index is 6.09. The molecule has 0 radical (unpaired) electrons. The molecule has 0 fully saturated rings. The largest absolute Gasteiger partial charge is 0.316 e. The minimum Gasteiger partial charge on any atom is -0.316 e. The lowest BCUT2D eigenvalue weighted by molar-refractivity contribution is 0.472. The van der Waals surface area contributed by atoms with Gasteiger partial charge in [-0.3, -0.25) is 4.98 Å². The molecule has 0 saturated carbocycles. The zero-order valence-electron chi connectivity index (χ0n) is 8.92. The quantitative estimate of drug-likeness (QED) is 0.831. The van der Waals surface area contributed by atoms with Gasteiger partial charge in [-0.2, -0.15) is 0 Å². The molecule has 0 amide bonds. The summed E-state index contributed by atoms with van der Waals surface area (Å²) in [5, 5.41) is 4.06. The summed E-state index contributed by atoms with van der Waals surface area (Å²) in [6.07, 6.45) is 4.59. The predicted molar refractivity (Wildman–Crippen MR) is 60.8 cm³/mol. The fraction of sp³-hybridized carbons (Fsp3) is 0.545. The minimum absolute atomic E-state index is 0.417. The molecular formula is C11H17ClN2. The van der Waals surface area contributed by atoms with Crippen molar-refractivity contribution in [3.8, 4) is 0 Å². The molecule has 2 atom stereocenters. The lowest BCUT2D eigenvalue weighted by Gasteiger charge is -2.23. The summed E-state index contributed by atoms with van der Waals surface area (Å²) < 4.78 is 0. The van der Waals surface area contributed by atoms with Gasteiger partial charge in [0.05, 0.1) is 5.02 Å². The van der Waals surface area contributed by atoms with Crippen LogP contribution in [0.3, 0.4) is 0 Å². The molecule has 0 aliphatic rings. The molecule has 0 aliphatic carbocycles. The molecule has 2 nitrogen and oxygen atoms in total. The van der Waals surface area contributed by atoms with Crippen molar-refractivity contribution in [1.82, 2.24) is 10.3 Å². The van der Waals surface area contributed by atoms with E-state index in [1.165, 1.54) is 5.56 Å². The number of rotatable bonds is 4. The summed E-state index contributed by atoms with van der Waals surface area (Å²) >= 11 is 6.09. The van der Waals surface area contributed by atoms with Crippen LogP contribution in [0.15, 0.2) is 18.5 Å². The van der Waals surface area contributed by atoms with Gasteiger partial charge in [0.25, 0.3) is 0 Å². The molecule has 0 spiro atoms. The highest BCUT2D eigenvalue weighted by molar-refractivity contribution is 6.31. The first-order valence-corrected chi connectivity index (χ1v) is 5.35. The molecule has 78 valence electrons. The van der Waals surface area contributed by atoms with Crippen molar-refractivity contribution in [3.63, 3.8) is 0 Å². The van der Waals surface area contributed by atoms with Gasteiger partial charge >= 0.3 is 0 Å². The van der Waals surface area contributed by atoms with E-state index in [1.54, 1.807) is 12.4 Å². The van der Waals surface area contributed by atoms with Gasteiger partial charge in [0.1, 0.15) is 0 Å². The monoisotopic (exact) mass is 212 g/mol. The van der Waals surface area contributed by atoms with Crippen molar-refractivity contribution in [2.24, 2.45) is 0 Å². The molecule has 1 heterocycles. The molecule has 1 aromatic rings. The average molecular weight is 213 g/mol. The van der Waals surface area contributed by atoms with Crippen LogP contribution in [0.1, 0.15) is 31.7 Å². The van der Waals surface area contributed by atoms with Gasteiger partial charge in [0.15, 0.2) is 0 Å². The van der Waals surface area contributed by atoms with Crippen molar-refractivity contribution < 1.29 is 0 Å². The lowest BCUT2D eigenvalue weighted by Crippen LogP contribution is -2.30. The highest BCUT2D eigenvalue weighted by atomic mass is 35.5. The number of halogens is 1. The SMILES string of the molecule is CCC(NC)C(C)c1ccncc1Cl. The van der Waals surface area contributed by atoms with Crippen LogP contribution in [0.4, 0.5) is 0 Å². The van der Waals surface area contributed by atoms with Crippen LogP contribution in [-0.4, -0.2) is 18.1 Å². The van der Waals surface area contributed by atoms with E-state index in [4.69, 9.17) is 11.6 Å². The highest BCUT2D eigenvalue weighted by Gasteiger charge is 2.17.